The molecule has 4 nitrogen and oxygen atoms in total. The number of benzene rings is 1. The average molecular weight is 283 g/mol. The highest BCUT2D eigenvalue weighted by Crippen LogP contribution is 2.16. The molecule has 0 saturated carbocycles. The van der Waals surface area contributed by atoms with Gasteiger partial charge in [-0.25, -0.2) is 8.42 Å². The van der Waals surface area contributed by atoms with Crippen LogP contribution in [-0.2, 0) is 14.9 Å². The fraction of sp³-hybridized carbons (Fsp3) is 0.400. The Balaban J connectivity index is 2.77. The first-order valence-electron chi connectivity index (χ1n) is 4.89. The van der Waals surface area contributed by atoms with Crippen molar-refractivity contribution in [1.82, 2.24) is 4.89 Å². The molecule has 0 atom stereocenters. The summed E-state index contributed by atoms with van der Waals surface area (Å²) in [6.45, 7) is 1.81. The zero-order valence-corrected chi connectivity index (χ0v) is 10.5. The van der Waals surface area contributed by atoms with Crippen molar-refractivity contribution in [1.29, 1.82) is 0 Å². The van der Waals surface area contributed by atoms with Crippen molar-refractivity contribution in [2.75, 3.05) is 6.61 Å². The van der Waals surface area contributed by atoms with Crippen molar-refractivity contribution in [2.45, 2.75) is 24.9 Å². The van der Waals surface area contributed by atoms with Crippen molar-refractivity contribution < 1.29 is 26.4 Å². The highest BCUT2D eigenvalue weighted by molar-refractivity contribution is 7.89. The molecule has 0 bridgehead atoms. The normalized spacial score (nSPS) is 12.7. The van der Waals surface area contributed by atoms with Crippen LogP contribution < -0.4 is 4.89 Å². The molecule has 0 aliphatic rings. The Bertz CT molecular complexity index is 526. The predicted molar refractivity (Wildman–Crippen MR) is 58.2 cm³/mol. The maximum Gasteiger partial charge on any atom is 0.413 e. The van der Waals surface area contributed by atoms with E-state index < -0.39 is 22.8 Å². The van der Waals surface area contributed by atoms with E-state index in [-0.39, 0.29) is 4.90 Å². The number of sulfonamides is 1. The number of nitrogens with one attached hydrogen (secondary N) is 1. The van der Waals surface area contributed by atoms with E-state index in [1.54, 1.807) is 19.9 Å². The third-order valence-corrected chi connectivity index (χ3v) is 3.40. The van der Waals surface area contributed by atoms with Gasteiger partial charge < -0.3 is 0 Å². The van der Waals surface area contributed by atoms with Gasteiger partial charge in [-0.1, -0.05) is 11.0 Å². The summed E-state index contributed by atoms with van der Waals surface area (Å²) in [7, 11) is -4.09. The molecule has 8 heteroatoms. The molecule has 1 aromatic carbocycles. The van der Waals surface area contributed by atoms with Crippen LogP contribution in [0.15, 0.2) is 23.1 Å². The second-order valence-electron chi connectivity index (χ2n) is 3.74. The molecule has 0 spiro atoms. The number of hydrogen-bond donors (Lipinski definition) is 1. The Morgan fingerprint density at radius 1 is 1.22 bits per heavy atom. The summed E-state index contributed by atoms with van der Waals surface area (Å²) in [4.78, 5) is 5.21. The summed E-state index contributed by atoms with van der Waals surface area (Å²) in [5.41, 5.74) is 1.60. The van der Waals surface area contributed by atoms with Crippen molar-refractivity contribution in [3.8, 4) is 0 Å². The molecule has 0 aliphatic carbocycles. The molecule has 0 amide bonds. The van der Waals surface area contributed by atoms with Crippen molar-refractivity contribution in [3.05, 3.63) is 29.3 Å². The molecule has 102 valence electrons. The number of hydrogen-bond acceptors (Lipinski definition) is 3. The molecule has 1 N–H and O–H groups in total. The smallest absolute Gasteiger partial charge is 0.277 e. The lowest BCUT2D eigenvalue weighted by Crippen LogP contribution is -2.29. The largest absolute Gasteiger partial charge is 0.413 e. The molecule has 0 radical (unpaired) electrons. The van der Waals surface area contributed by atoms with Crippen molar-refractivity contribution in [2.24, 2.45) is 0 Å². The summed E-state index contributed by atoms with van der Waals surface area (Å²) in [6, 6.07) is 4.21. The van der Waals surface area contributed by atoms with E-state index in [1.807, 2.05) is 0 Å². The highest BCUT2D eigenvalue weighted by atomic mass is 32.2. The van der Waals surface area contributed by atoms with E-state index >= 15 is 0 Å². The second kappa shape index (κ2) is 5.25. The maximum absolute atomic E-state index is 11.8. The fourth-order valence-electron chi connectivity index (χ4n) is 1.12. The lowest BCUT2D eigenvalue weighted by molar-refractivity contribution is -0.181. The monoisotopic (exact) mass is 283 g/mol. The average Bonchev–Trinajstić information content (AvgIpc) is 2.19. The Hall–Kier alpha value is -1.12. The number of aryl methyl sites for hydroxylation is 2. The standard InChI is InChI=1S/C10H12F3NO3S/c1-7-3-4-9(5-8(7)2)18(15,16)14-17-6-10(11,12)13/h3-5,14H,6H2,1-2H3. The van der Waals surface area contributed by atoms with Gasteiger partial charge in [0.05, 0.1) is 4.90 Å². The highest BCUT2D eigenvalue weighted by Gasteiger charge is 2.29. The minimum atomic E-state index is -4.59. The maximum atomic E-state index is 11.8. The minimum absolute atomic E-state index is 0.146. The Morgan fingerprint density at radius 3 is 2.33 bits per heavy atom. The van der Waals surface area contributed by atoms with E-state index in [0.29, 0.717) is 5.56 Å². The van der Waals surface area contributed by atoms with Crippen LogP contribution in [0, 0.1) is 13.8 Å². The van der Waals surface area contributed by atoms with Gasteiger partial charge in [0.15, 0.2) is 6.61 Å². The lowest BCUT2D eigenvalue weighted by atomic mass is 10.1. The summed E-state index contributed by atoms with van der Waals surface area (Å²) in [6.07, 6.45) is -4.59. The van der Waals surface area contributed by atoms with E-state index in [2.05, 4.69) is 4.84 Å². The van der Waals surface area contributed by atoms with Gasteiger partial charge in [0.2, 0.25) is 0 Å². The van der Waals surface area contributed by atoms with Gasteiger partial charge in [0, 0.05) is 0 Å². The van der Waals surface area contributed by atoms with Crippen LogP contribution in [0.25, 0.3) is 0 Å². The third kappa shape index (κ3) is 4.28. The summed E-state index contributed by atoms with van der Waals surface area (Å²) in [5.74, 6) is 0. The summed E-state index contributed by atoms with van der Waals surface area (Å²) < 4.78 is 58.5. The van der Waals surface area contributed by atoms with Gasteiger partial charge in [-0.15, -0.1) is 0 Å². The van der Waals surface area contributed by atoms with E-state index in [0.717, 1.165) is 5.56 Å². The van der Waals surface area contributed by atoms with Crippen molar-refractivity contribution >= 4 is 10.0 Å². The molecule has 0 saturated heterocycles. The second-order valence-corrected chi connectivity index (χ2v) is 5.38. The molecule has 0 heterocycles. The molecule has 1 aromatic rings. The van der Waals surface area contributed by atoms with Gasteiger partial charge in [0.25, 0.3) is 10.0 Å². The SMILES string of the molecule is Cc1ccc(S(=O)(=O)NOCC(F)(F)F)cc1C. The molecular weight excluding hydrogens is 271 g/mol. The molecular formula is C10H12F3NO3S. The Labute approximate surface area is 103 Å². The van der Waals surface area contributed by atoms with Crippen LogP contribution in [0.1, 0.15) is 11.1 Å². The Kier molecular flexibility index (Phi) is 4.36. The third-order valence-electron chi connectivity index (χ3n) is 2.19. The molecule has 1 rings (SSSR count). The molecule has 18 heavy (non-hydrogen) atoms. The van der Waals surface area contributed by atoms with Gasteiger partial charge >= 0.3 is 6.18 Å². The predicted octanol–water partition coefficient (Wildman–Crippen LogP) is 2.08. The van der Waals surface area contributed by atoms with Gasteiger partial charge in [-0.3, -0.25) is 4.84 Å². The van der Waals surface area contributed by atoms with Crippen LogP contribution in [-0.4, -0.2) is 21.2 Å². The molecule has 0 aromatic heterocycles. The van der Waals surface area contributed by atoms with Crippen molar-refractivity contribution in [3.63, 3.8) is 0 Å². The first kappa shape index (κ1) is 14.9. The first-order chi connectivity index (χ1) is 8.12. The topological polar surface area (TPSA) is 55.4 Å². The minimum Gasteiger partial charge on any atom is -0.277 e. The zero-order chi connectivity index (χ0) is 14.0. The van der Waals surface area contributed by atoms with Crippen LogP contribution in [0.4, 0.5) is 13.2 Å². The number of rotatable bonds is 4. The van der Waals surface area contributed by atoms with Gasteiger partial charge in [-0.05, 0) is 37.1 Å². The van der Waals surface area contributed by atoms with E-state index in [9.17, 15) is 21.6 Å². The number of alkyl halides is 3. The lowest BCUT2D eigenvalue weighted by Gasteiger charge is -2.10. The number of halogens is 3. The molecule has 0 unspecified atom stereocenters. The van der Waals surface area contributed by atoms with Crippen LogP contribution in [0.5, 0.6) is 0 Å². The van der Waals surface area contributed by atoms with E-state index in [1.165, 1.54) is 17.0 Å². The quantitative estimate of drug-likeness (QED) is 0.861. The molecule has 0 aliphatic heterocycles. The van der Waals surface area contributed by atoms with Crippen LogP contribution >= 0.6 is 0 Å². The summed E-state index contributed by atoms with van der Waals surface area (Å²) in [5, 5.41) is 0. The van der Waals surface area contributed by atoms with E-state index in [4.69, 9.17) is 0 Å². The van der Waals surface area contributed by atoms with Gasteiger partial charge in [0.1, 0.15) is 0 Å². The van der Waals surface area contributed by atoms with Crippen LogP contribution in [0.3, 0.4) is 0 Å². The Morgan fingerprint density at radius 2 is 1.83 bits per heavy atom. The zero-order valence-electron chi connectivity index (χ0n) is 9.71. The molecule has 0 fully saturated rings. The first-order valence-corrected chi connectivity index (χ1v) is 6.38. The fourth-order valence-corrected chi connectivity index (χ4v) is 2.01. The van der Waals surface area contributed by atoms with Gasteiger partial charge in [-0.2, -0.15) is 13.2 Å². The summed E-state index contributed by atoms with van der Waals surface area (Å²) >= 11 is 0. The van der Waals surface area contributed by atoms with Crippen LogP contribution in [0.2, 0.25) is 0 Å².